The van der Waals surface area contributed by atoms with Crippen LogP contribution in [0.3, 0.4) is 0 Å². The largest absolute Gasteiger partial charge is 0.481 e. The van der Waals surface area contributed by atoms with E-state index in [1.807, 2.05) is 20.8 Å². The van der Waals surface area contributed by atoms with Gasteiger partial charge in [0, 0.05) is 27.8 Å². The molecule has 0 radical (unpaired) electrons. The number of aliphatic hydroxyl groups is 2. The summed E-state index contributed by atoms with van der Waals surface area (Å²) in [6.07, 6.45) is 0.648. The van der Waals surface area contributed by atoms with Gasteiger partial charge in [0.1, 0.15) is 10.6 Å². The first kappa shape index (κ1) is 23.1. The maximum absolute atomic E-state index is 13.6. The highest BCUT2D eigenvalue weighted by Gasteiger charge is 2.19. The van der Waals surface area contributed by atoms with Crippen molar-refractivity contribution < 1.29 is 24.5 Å². The van der Waals surface area contributed by atoms with Crippen molar-refractivity contribution in [1.29, 1.82) is 0 Å². The third kappa shape index (κ3) is 5.55. The Morgan fingerprint density at radius 2 is 1.90 bits per heavy atom. The fourth-order valence-corrected chi connectivity index (χ4v) is 4.49. The van der Waals surface area contributed by atoms with Gasteiger partial charge < -0.3 is 15.3 Å². The zero-order valence-corrected chi connectivity index (χ0v) is 18.5. The number of pyridine rings is 1. The number of thiophene rings is 1. The standard InChI is InChI=1S/C24H26FNO4S/c1-13(2)23-19(9-8-17(27)11-18(28)12-21(29)30)22(15-4-6-16(25)7-5-15)20-10-14(3)31-24(20)26-23/h4-10,13,17-18,27-28H,11-12H2,1-3H3,(H,29,30)/b9-8+. The van der Waals surface area contributed by atoms with Gasteiger partial charge >= 0.3 is 5.97 Å². The lowest BCUT2D eigenvalue weighted by atomic mass is 9.91. The molecule has 2 aromatic heterocycles. The lowest BCUT2D eigenvalue weighted by Gasteiger charge is -2.17. The summed E-state index contributed by atoms with van der Waals surface area (Å²) in [5.74, 6) is -1.34. The fraction of sp³-hybridized carbons (Fsp3) is 0.333. The van der Waals surface area contributed by atoms with Crippen LogP contribution >= 0.6 is 11.3 Å². The number of benzene rings is 1. The predicted molar refractivity (Wildman–Crippen MR) is 122 cm³/mol. The molecule has 2 heterocycles. The highest BCUT2D eigenvalue weighted by Crippen LogP contribution is 2.39. The van der Waals surface area contributed by atoms with Crippen LogP contribution in [0.2, 0.25) is 0 Å². The topological polar surface area (TPSA) is 90.7 Å². The Hall–Kier alpha value is -2.61. The number of hydrogen-bond donors (Lipinski definition) is 3. The molecule has 31 heavy (non-hydrogen) atoms. The Bertz CT molecular complexity index is 1100. The second-order valence-corrected chi connectivity index (χ2v) is 9.17. The van der Waals surface area contributed by atoms with E-state index in [0.717, 1.165) is 37.5 Å². The van der Waals surface area contributed by atoms with Crippen LogP contribution in [-0.4, -0.2) is 38.5 Å². The molecule has 2 unspecified atom stereocenters. The number of hydrogen-bond acceptors (Lipinski definition) is 5. The molecule has 0 bridgehead atoms. The van der Waals surface area contributed by atoms with E-state index in [1.165, 1.54) is 12.1 Å². The Morgan fingerprint density at radius 3 is 2.52 bits per heavy atom. The van der Waals surface area contributed by atoms with Crippen molar-refractivity contribution in [2.45, 2.75) is 51.7 Å². The number of rotatable bonds is 8. The Balaban J connectivity index is 2.12. The van der Waals surface area contributed by atoms with Crippen LogP contribution in [0.25, 0.3) is 27.4 Å². The van der Waals surface area contributed by atoms with Gasteiger partial charge in [-0.05, 0) is 36.6 Å². The molecular weight excluding hydrogens is 417 g/mol. The van der Waals surface area contributed by atoms with Gasteiger partial charge in [0.2, 0.25) is 0 Å². The van der Waals surface area contributed by atoms with E-state index in [4.69, 9.17) is 10.1 Å². The monoisotopic (exact) mass is 443 g/mol. The molecule has 164 valence electrons. The van der Waals surface area contributed by atoms with E-state index in [-0.39, 0.29) is 18.2 Å². The van der Waals surface area contributed by atoms with Gasteiger partial charge in [-0.15, -0.1) is 11.3 Å². The number of aromatic nitrogens is 1. The van der Waals surface area contributed by atoms with Crippen molar-refractivity contribution in [2.24, 2.45) is 0 Å². The molecule has 0 aliphatic carbocycles. The second-order valence-electron chi connectivity index (χ2n) is 7.94. The van der Waals surface area contributed by atoms with Gasteiger partial charge in [-0.25, -0.2) is 9.37 Å². The first-order valence-corrected chi connectivity index (χ1v) is 10.9. The zero-order valence-electron chi connectivity index (χ0n) is 17.7. The Kier molecular flexibility index (Phi) is 7.20. The van der Waals surface area contributed by atoms with Gasteiger partial charge in [-0.3, -0.25) is 4.79 Å². The lowest BCUT2D eigenvalue weighted by Crippen LogP contribution is -2.19. The number of carboxylic acid groups (broad SMARTS) is 1. The molecule has 3 N–H and O–H groups in total. The van der Waals surface area contributed by atoms with Crippen molar-refractivity contribution in [3.05, 3.63) is 58.4 Å². The van der Waals surface area contributed by atoms with Crippen LogP contribution in [0.1, 0.15) is 48.7 Å². The highest BCUT2D eigenvalue weighted by atomic mass is 32.1. The Labute approximate surface area is 184 Å². The minimum atomic E-state index is -1.14. The molecule has 7 heteroatoms. The van der Waals surface area contributed by atoms with Crippen LogP contribution in [0, 0.1) is 12.7 Å². The van der Waals surface area contributed by atoms with E-state index in [2.05, 4.69) is 6.07 Å². The molecule has 3 rings (SSSR count). The summed E-state index contributed by atoms with van der Waals surface area (Å²) in [7, 11) is 0. The van der Waals surface area contributed by atoms with Gasteiger partial charge in [0.05, 0.1) is 24.3 Å². The van der Waals surface area contributed by atoms with Crippen LogP contribution in [0.4, 0.5) is 4.39 Å². The van der Waals surface area contributed by atoms with Crippen molar-refractivity contribution in [3.8, 4) is 11.1 Å². The molecule has 0 fully saturated rings. The van der Waals surface area contributed by atoms with Crippen LogP contribution < -0.4 is 0 Å². The van der Waals surface area contributed by atoms with E-state index < -0.39 is 24.6 Å². The molecule has 1 aromatic carbocycles. The highest BCUT2D eigenvalue weighted by molar-refractivity contribution is 7.18. The number of carboxylic acids is 1. The molecule has 0 aliphatic heterocycles. The first-order valence-electron chi connectivity index (χ1n) is 10.1. The van der Waals surface area contributed by atoms with Crippen molar-refractivity contribution in [3.63, 3.8) is 0 Å². The van der Waals surface area contributed by atoms with Gasteiger partial charge in [0.15, 0.2) is 0 Å². The van der Waals surface area contributed by atoms with Crippen LogP contribution in [0.5, 0.6) is 0 Å². The van der Waals surface area contributed by atoms with Crippen LogP contribution in [0.15, 0.2) is 36.4 Å². The summed E-state index contributed by atoms with van der Waals surface area (Å²) < 4.78 is 13.6. The molecule has 0 amide bonds. The average molecular weight is 444 g/mol. The third-order valence-corrected chi connectivity index (χ3v) is 5.91. The minimum Gasteiger partial charge on any atom is -0.481 e. The zero-order chi connectivity index (χ0) is 22.7. The van der Waals surface area contributed by atoms with Crippen molar-refractivity contribution in [2.75, 3.05) is 0 Å². The summed E-state index contributed by atoms with van der Waals surface area (Å²) in [5.41, 5.74) is 3.42. The number of nitrogens with zero attached hydrogens (tertiary/aromatic N) is 1. The molecular formula is C24H26FNO4S. The van der Waals surface area contributed by atoms with E-state index >= 15 is 0 Å². The van der Waals surface area contributed by atoms with Gasteiger partial charge in [-0.1, -0.05) is 38.1 Å². The first-order chi connectivity index (χ1) is 14.7. The van der Waals surface area contributed by atoms with Crippen LogP contribution in [-0.2, 0) is 4.79 Å². The van der Waals surface area contributed by atoms with E-state index in [9.17, 15) is 19.4 Å². The average Bonchev–Trinajstić information content (AvgIpc) is 3.05. The summed E-state index contributed by atoms with van der Waals surface area (Å²) >= 11 is 1.60. The number of fused-ring (bicyclic) bond motifs is 1. The van der Waals surface area contributed by atoms with Crippen molar-refractivity contribution >= 4 is 33.6 Å². The minimum absolute atomic E-state index is 0.0844. The number of aliphatic hydroxyl groups excluding tert-OH is 2. The fourth-order valence-electron chi connectivity index (χ4n) is 3.59. The predicted octanol–water partition coefficient (Wildman–Crippen LogP) is 5.13. The van der Waals surface area contributed by atoms with E-state index in [1.54, 1.807) is 35.6 Å². The number of halogens is 1. The summed E-state index contributed by atoms with van der Waals surface area (Å²) in [6.45, 7) is 6.08. The molecule has 2 atom stereocenters. The Morgan fingerprint density at radius 1 is 1.23 bits per heavy atom. The molecule has 0 saturated heterocycles. The maximum Gasteiger partial charge on any atom is 0.305 e. The molecule has 0 saturated carbocycles. The van der Waals surface area contributed by atoms with Gasteiger partial charge in [0.25, 0.3) is 0 Å². The normalized spacial score (nSPS) is 13.9. The van der Waals surface area contributed by atoms with Crippen molar-refractivity contribution in [1.82, 2.24) is 4.98 Å². The lowest BCUT2D eigenvalue weighted by molar-refractivity contribution is -0.139. The third-order valence-electron chi connectivity index (χ3n) is 4.96. The number of aliphatic carboxylic acids is 1. The molecule has 5 nitrogen and oxygen atoms in total. The summed E-state index contributed by atoms with van der Waals surface area (Å²) in [4.78, 5) is 17.6. The summed E-state index contributed by atoms with van der Waals surface area (Å²) in [5, 5.41) is 29.9. The quantitative estimate of drug-likeness (QED) is 0.449. The van der Waals surface area contributed by atoms with Gasteiger partial charge in [-0.2, -0.15) is 0 Å². The SMILES string of the molecule is Cc1cc2c(-c3ccc(F)cc3)c(/C=C/C(O)CC(O)CC(=O)O)c(C(C)C)nc2s1. The number of carbonyl (C=O) groups is 1. The molecule has 0 spiro atoms. The maximum atomic E-state index is 13.6. The molecule has 0 aliphatic rings. The van der Waals surface area contributed by atoms with E-state index in [0.29, 0.717) is 0 Å². The number of aryl methyl sites for hydroxylation is 1. The second kappa shape index (κ2) is 9.68. The molecule has 3 aromatic rings. The summed E-state index contributed by atoms with van der Waals surface area (Å²) in [6, 6.07) is 8.35. The smallest absolute Gasteiger partial charge is 0.305 e.